The fraction of sp³-hybridized carbons (Fsp3) is 0.522. The summed E-state index contributed by atoms with van der Waals surface area (Å²) in [7, 11) is 0. The van der Waals surface area contributed by atoms with Gasteiger partial charge in [-0.3, -0.25) is 9.69 Å². The van der Waals surface area contributed by atoms with Crippen LogP contribution in [0.1, 0.15) is 44.8 Å². The molecule has 33 heavy (non-hydrogen) atoms. The highest BCUT2D eigenvalue weighted by atomic mass is 32.1. The zero-order valence-corrected chi connectivity index (χ0v) is 20.5. The summed E-state index contributed by atoms with van der Waals surface area (Å²) >= 11 is 1.73. The Bertz CT molecular complexity index is 1040. The smallest absolute Gasteiger partial charge is 0.263 e. The molecular formula is C23H31N7O2S. The van der Waals surface area contributed by atoms with Gasteiger partial charge in [0.05, 0.1) is 16.4 Å². The molecule has 3 aromatic rings. The van der Waals surface area contributed by atoms with Crippen LogP contribution in [0.2, 0.25) is 0 Å². The lowest BCUT2D eigenvalue weighted by Gasteiger charge is -2.25. The van der Waals surface area contributed by atoms with Crippen LogP contribution in [-0.4, -0.2) is 73.2 Å². The van der Waals surface area contributed by atoms with Gasteiger partial charge in [-0.2, -0.15) is 0 Å². The van der Waals surface area contributed by atoms with Gasteiger partial charge >= 0.3 is 0 Å². The molecule has 0 aliphatic carbocycles. The van der Waals surface area contributed by atoms with Crippen LogP contribution in [0.15, 0.2) is 36.0 Å². The van der Waals surface area contributed by atoms with Crippen LogP contribution in [0.5, 0.6) is 5.75 Å². The standard InChI is InChI=1S/C23H31N7O2S/c1-17(32-20-8-6-19(7-9-20)30-16-24-26-27-30)21(31)29-11-5-10-28(12-13-29)14-18-15-33-22(25-18)23(2,3)4/h6-9,15-17H,5,10-14H2,1-4H3. The van der Waals surface area contributed by atoms with Gasteiger partial charge < -0.3 is 9.64 Å². The molecule has 1 atom stereocenters. The number of carbonyl (C=O) groups is 1. The van der Waals surface area contributed by atoms with E-state index in [4.69, 9.17) is 9.72 Å². The molecule has 176 valence electrons. The molecule has 3 heterocycles. The number of aromatic nitrogens is 5. The Hall–Kier alpha value is -2.85. The molecule has 1 aliphatic rings. The maximum atomic E-state index is 13.0. The summed E-state index contributed by atoms with van der Waals surface area (Å²) in [5.74, 6) is 0.660. The number of tetrazole rings is 1. The van der Waals surface area contributed by atoms with Gasteiger partial charge in [-0.1, -0.05) is 20.8 Å². The first-order valence-electron chi connectivity index (χ1n) is 11.3. The molecule has 2 aromatic heterocycles. The SMILES string of the molecule is CC(Oc1ccc(-n2cnnn2)cc1)C(=O)N1CCCN(Cc2csc(C(C)(C)C)n2)CC1. The van der Waals surface area contributed by atoms with Crippen LogP contribution in [-0.2, 0) is 16.8 Å². The average molecular weight is 470 g/mol. The third-order valence-corrected chi connectivity index (χ3v) is 6.91. The van der Waals surface area contributed by atoms with E-state index in [1.807, 2.05) is 36.1 Å². The zero-order chi connectivity index (χ0) is 23.4. The van der Waals surface area contributed by atoms with Crippen LogP contribution < -0.4 is 4.74 Å². The Balaban J connectivity index is 1.29. The maximum Gasteiger partial charge on any atom is 0.263 e. The Kier molecular flexibility index (Phi) is 7.04. The van der Waals surface area contributed by atoms with Crippen molar-refractivity contribution in [1.82, 2.24) is 35.0 Å². The molecule has 1 unspecified atom stereocenters. The Morgan fingerprint density at radius 2 is 1.94 bits per heavy atom. The van der Waals surface area contributed by atoms with Crippen LogP contribution in [0, 0.1) is 0 Å². The molecule has 0 saturated carbocycles. The predicted octanol–water partition coefficient (Wildman–Crippen LogP) is 2.92. The number of benzene rings is 1. The van der Waals surface area contributed by atoms with Gasteiger partial charge in [-0.25, -0.2) is 9.67 Å². The number of hydrogen-bond acceptors (Lipinski definition) is 8. The van der Waals surface area contributed by atoms with Crippen molar-refractivity contribution in [1.29, 1.82) is 0 Å². The van der Waals surface area contributed by atoms with Crippen LogP contribution in [0.4, 0.5) is 0 Å². The fourth-order valence-electron chi connectivity index (χ4n) is 3.77. The summed E-state index contributed by atoms with van der Waals surface area (Å²) in [6, 6.07) is 7.36. The Morgan fingerprint density at radius 3 is 2.61 bits per heavy atom. The molecule has 1 aromatic carbocycles. The minimum Gasteiger partial charge on any atom is -0.481 e. The minimum atomic E-state index is -0.552. The highest BCUT2D eigenvalue weighted by molar-refractivity contribution is 7.09. The number of amides is 1. The first-order valence-corrected chi connectivity index (χ1v) is 12.1. The van der Waals surface area contributed by atoms with E-state index >= 15 is 0 Å². The second-order valence-electron chi connectivity index (χ2n) is 9.36. The molecule has 1 aliphatic heterocycles. The molecule has 1 amide bonds. The molecule has 0 bridgehead atoms. The van der Waals surface area contributed by atoms with Crippen molar-refractivity contribution in [2.24, 2.45) is 0 Å². The summed E-state index contributed by atoms with van der Waals surface area (Å²) in [5, 5.41) is 14.5. The monoisotopic (exact) mass is 469 g/mol. The van der Waals surface area contributed by atoms with Crippen molar-refractivity contribution in [2.45, 2.75) is 52.2 Å². The highest BCUT2D eigenvalue weighted by Gasteiger charge is 2.25. The number of carbonyl (C=O) groups excluding carboxylic acids is 1. The molecule has 10 heteroatoms. The summed E-state index contributed by atoms with van der Waals surface area (Å²) in [4.78, 5) is 22.2. The first-order chi connectivity index (χ1) is 15.8. The van der Waals surface area contributed by atoms with Crippen molar-refractivity contribution in [3.05, 3.63) is 46.7 Å². The van der Waals surface area contributed by atoms with Crippen molar-refractivity contribution in [3.8, 4) is 11.4 Å². The van der Waals surface area contributed by atoms with Gasteiger partial charge in [0.2, 0.25) is 0 Å². The van der Waals surface area contributed by atoms with E-state index in [-0.39, 0.29) is 11.3 Å². The van der Waals surface area contributed by atoms with Crippen molar-refractivity contribution in [2.75, 3.05) is 26.2 Å². The molecule has 1 saturated heterocycles. The number of hydrogen-bond donors (Lipinski definition) is 0. The summed E-state index contributed by atoms with van der Waals surface area (Å²) in [5.41, 5.74) is 2.02. The highest BCUT2D eigenvalue weighted by Crippen LogP contribution is 2.26. The average Bonchev–Trinajstić information content (AvgIpc) is 3.43. The number of ether oxygens (including phenoxy) is 1. The summed E-state index contributed by atoms with van der Waals surface area (Å²) in [6.45, 7) is 12.4. The minimum absolute atomic E-state index is 0.0186. The largest absolute Gasteiger partial charge is 0.481 e. The van der Waals surface area contributed by atoms with Crippen molar-refractivity contribution < 1.29 is 9.53 Å². The summed E-state index contributed by atoms with van der Waals surface area (Å²) in [6.07, 6.45) is 1.92. The van der Waals surface area contributed by atoms with E-state index < -0.39 is 6.10 Å². The molecule has 0 spiro atoms. The van der Waals surface area contributed by atoms with Crippen molar-refractivity contribution in [3.63, 3.8) is 0 Å². The van der Waals surface area contributed by atoms with E-state index in [1.54, 1.807) is 16.0 Å². The van der Waals surface area contributed by atoms with Crippen LogP contribution in [0.25, 0.3) is 5.69 Å². The Labute approximate surface area is 198 Å². The Morgan fingerprint density at radius 1 is 1.15 bits per heavy atom. The second kappa shape index (κ2) is 9.96. The molecule has 9 nitrogen and oxygen atoms in total. The molecule has 0 N–H and O–H groups in total. The number of rotatable bonds is 6. The van der Waals surface area contributed by atoms with Gasteiger partial charge in [-0.05, 0) is 48.0 Å². The lowest BCUT2D eigenvalue weighted by Crippen LogP contribution is -2.42. The van der Waals surface area contributed by atoms with Gasteiger partial charge in [-0.15, -0.1) is 16.4 Å². The topological polar surface area (TPSA) is 89.3 Å². The van der Waals surface area contributed by atoms with E-state index in [1.165, 1.54) is 11.3 Å². The summed E-state index contributed by atoms with van der Waals surface area (Å²) < 4.78 is 7.49. The van der Waals surface area contributed by atoms with Crippen molar-refractivity contribution >= 4 is 17.2 Å². The molecule has 0 radical (unpaired) electrons. The van der Waals surface area contributed by atoms with E-state index in [9.17, 15) is 4.79 Å². The third kappa shape index (κ3) is 5.94. The van der Waals surface area contributed by atoms with Crippen LogP contribution >= 0.6 is 11.3 Å². The van der Waals surface area contributed by atoms with Crippen LogP contribution in [0.3, 0.4) is 0 Å². The molecule has 4 rings (SSSR count). The van der Waals surface area contributed by atoms with E-state index in [2.05, 4.69) is 46.6 Å². The molecule has 1 fully saturated rings. The first kappa shape index (κ1) is 23.3. The number of nitrogens with zero attached hydrogens (tertiary/aromatic N) is 7. The second-order valence-corrected chi connectivity index (χ2v) is 10.2. The quantitative estimate of drug-likeness (QED) is 0.548. The van der Waals surface area contributed by atoms with Gasteiger partial charge in [0, 0.05) is 43.5 Å². The maximum absolute atomic E-state index is 13.0. The van der Waals surface area contributed by atoms with E-state index in [0.29, 0.717) is 12.3 Å². The lowest BCUT2D eigenvalue weighted by molar-refractivity contribution is -0.137. The third-order valence-electron chi connectivity index (χ3n) is 5.59. The van der Waals surface area contributed by atoms with Gasteiger partial charge in [0.25, 0.3) is 5.91 Å². The zero-order valence-electron chi connectivity index (χ0n) is 19.6. The van der Waals surface area contributed by atoms with E-state index in [0.717, 1.165) is 44.0 Å². The normalized spacial score (nSPS) is 16.4. The fourth-order valence-corrected chi connectivity index (χ4v) is 4.67. The van der Waals surface area contributed by atoms with Gasteiger partial charge in [0.1, 0.15) is 12.1 Å². The predicted molar refractivity (Wildman–Crippen MR) is 127 cm³/mol. The van der Waals surface area contributed by atoms with Gasteiger partial charge in [0.15, 0.2) is 6.10 Å². The number of thiazole rings is 1. The lowest BCUT2D eigenvalue weighted by atomic mass is 9.98. The molecular weight excluding hydrogens is 438 g/mol.